The second-order valence-corrected chi connectivity index (χ2v) is 4.43. The highest BCUT2D eigenvalue weighted by atomic mass is 79.9. The van der Waals surface area contributed by atoms with Crippen molar-refractivity contribution in [3.8, 4) is 11.8 Å². The Morgan fingerprint density at radius 3 is 2.28 bits per heavy atom. The lowest BCUT2D eigenvalue weighted by Crippen LogP contribution is -1.84. The Hall–Kier alpha value is -2.07. The fourth-order valence-corrected chi connectivity index (χ4v) is 1.95. The van der Waals surface area contributed by atoms with Crippen molar-refractivity contribution in [1.29, 1.82) is 0 Å². The van der Waals surface area contributed by atoms with Gasteiger partial charge in [-0.3, -0.25) is 0 Å². The summed E-state index contributed by atoms with van der Waals surface area (Å²) in [7, 11) is 0. The van der Waals surface area contributed by atoms with Crippen LogP contribution >= 0.6 is 15.9 Å². The smallest absolute Gasteiger partial charge is 0.142 e. The first-order valence-corrected chi connectivity index (χ1v) is 6.17. The van der Waals surface area contributed by atoms with Gasteiger partial charge in [-0.05, 0) is 24.1 Å². The Balaban J connectivity index is 2.37. The standard InChI is InChI=1S/C16H9BrO/c17-16-9-5-4-8-15(16)14(12-18)11-10-13-6-2-1-3-7-13/h1-9H. The van der Waals surface area contributed by atoms with E-state index in [2.05, 4.69) is 27.8 Å². The number of allylic oxidation sites excluding steroid dienone is 1. The van der Waals surface area contributed by atoms with E-state index in [4.69, 9.17) is 0 Å². The fraction of sp³-hybridized carbons (Fsp3) is 0. The predicted octanol–water partition coefficient (Wildman–Crippen LogP) is 3.72. The molecule has 0 unspecified atom stereocenters. The number of carbonyl (C=O) groups excluding carboxylic acids is 1. The van der Waals surface area contributed by atoms with Crippen molar-refractivity contribution >= 4 is 27.4 Å². The maximum atomic E-state index is 11.0. The van der Waals surface area contributed by atoms with Crippen LogP contribution in [0.25, 0.3) is 5.57 Å². The second kappa shape index (κ2) is 6.02. The van der Waals surface area contributed by atoms with Gasteiger partial charge in [-0.2, -0.15) is 0 Å². The highest BCUT2D eigenvalue weighted by Gasteiger charge is 2.03. The first kappa shape index (κ1) is 12.4. The summed E-state index contributed by atoms with van der Waals surface area (Å²) in [6.07, 6.45) is 0. The molecule has 0 aliphatic heterocycles. The maximum absolute atomic E-state index is 11.0. The van der Waals surface area contributed by atoms with E-state index in [0.29, 0.717) is 5.57 Å². The lowest BCUT2D eigenvalue weighted by atomic mass is 10.1. The summed E-state index contributed by atoms with van der Waals surface area (Å²) in [5.74, 6) is 7.70. The van der Waals surface area contributed by atoms with Gasteiger partial charge >= 0.3 is 0 Å². The van der Waals surface area contributed by atoms with Crippen LogP contribution in [-0.4, -0.2) is 5.94 Å². The zero-order chi connectivity index (χ0) is 12.8. The molecule has 0 bridgehead atoms. The Labute approximate surface area is 114 Å². The predicted molar refractivity (Wildman–Crippen MR) is 76.6 cm³/mol. The molecule has 2 heteroatoms. The minimum absolute atomic E-state index is 0.353. The summed E-state index contributed by atoms with van der Waals surface area (Å²) in [4.78, 5) is 11.0. The van der Waals surface area contributed by atoms with E-state index in [-0.39, 0.29) is 0 Å². The second-order valence-electron chi connectivity index (χ2n) is 3.57. The zero-order valence-electron chi connectivity index (χ0n) is 9.48. The molecule has 0 aliphatic carbocycles. The van der Waals surface area contributed by atoms with Crippen LogP contribution in [0.4, 0.5) is 0 Å². The van der Waals surface area contributed by atoms with Crippen molar-refractivity contribution in [3.05, 3.63) is 70.2 Å². The first-order chi connectivity index (χ1) is 8.81. The van der Waals surface area contributed by atoms with Gasteiger partial charge in [-0.1, -0.05) is 58.2 Å². The molecule has 0 fully saturated rings. The molecule has 0 N–H and O–H groups in total. The van der Waals surface area contributed by atoms with Crippen molar-refractivity contribution in [2.24, 2.45) is 0 Å². The van der Waals surface area contributed by atoms with E-state index >= 15 is 0 Å². The van der Waals surface area contributed by atoms with Crippen LogP contribution in [0.2, 0.25) is 0 Å². The minimum Gasteiger partial charge on any atom is -0.232 e. The number of halogens is 1. The molecule has 0 aromatic heterocycles. The van der Waals surface area contributed by atoms with E-state index in [1.54, 1.807) is 0 Å². The number of benzene rings is 2. The van der Waals surface area contributed by atoms with E-state index in [1.165, 1.54) is 0 Å². The lowest BCUT2D eigenvalue weighted by Gasteiger charge is -1.98. The van der Waals surface area contributed by atoms with Crippen molar-refractivity contribution in [2.75, 3.05) is 0 Å². The molecule has 0 saturated carbocycles. The molecule has 1 nitrogen and oxygen atoms in total. The monoisotopic (exact) mass is 296 g/mol. The Bertz CT molecular complexity index is 656. The molecule has 0 atom stereocenters. The van der Waals surface area contributed by atoms with Crippen molar-refractivity contribution < 1.29 is 4.79 Å². The molecular weight excluding hydrogens is 288 g/mol. The van der Waals surface area contributed by atoms with Crippen LogP contribution < -0.4 is 0 Å². The van der Waals surface area contributed by atoms with Gasteiger partial charge in [0.15, 0.2) is 0 Å². The Morgan fingerprint density at radius 2 is 1.61 bits per heavy atom. The highest BCUT2D eigenvalue weighted by molar-refractivity contribution is 9.10. The number of hydrogen-bond acceptors (Lipinski definition) is 1. The molecule has 0 spiro atoms. The molecule has 18 heavy (non-hydrogen) atoms. The van der Waals surface area contributed by atoms with Crippen LogP contribution in [0.5, 0.6) is 0 Å². The molecule has 0 heterocycles. The third-order valence-electron chi connectivity index (χ3n) is 2.35. The van der Waals surface area contributed by atoms with E-state index < -0.39 is 0 Å². The summed E-state index contributed by atoms with van der Waals surface area (Å²) in [5.41, 5.74) is 1.99. The fourth-order valence-electron chi connectivity index (χ4n) is 1.47. The van der Waals surface area contributed by atoms with Crippen LogP contribution in [0.15, 0.2) is 59.1 Å². The van der Waals surface area contributed by atoms with Crippen molar-refractivity contribution in [1.82, 2.24) is 0 Å². The first-order valence-electron chi connectivity index (χ1n) is 5.38. The summed E-state index contributed by atoms with van der Waals surface area (Å²) in [6, 6.07) is 17.0. The van der Waals surface area contributed by atoms with Gasteiger partial charge < -0.3 is 0 Å². The van der Waals surface area contributed by atoms with Gasteiger partial charge in [0.25, 0.3) is 0 Å². The molecule has 0 aliphatic rings. The van der Waals surface area contributed by atoms with Gasteiger partial charge in [0.2, 0.25) is 0 Å². The van der Waals surface area contributed by atoms with Crippen LogP contribution in [-0.2, 0) is 4.79 Å². The normalized spacial score (nSPS) is 8.94. The summed E-state index contributed by atoms with van der Waals surface area (Å²) in [5, 5.41) is 0. The summed E-state index contributed by atoms with van der Waals surface area (Å²) < 4.78 is 0.839. The van der Waals surface area contributed by atoms with E-state index in [9.17, 15) is 4.79 Å². The molecular formula is C16H9BrO. The van der Waals surface area contributed by atoms with Crippen molar-refractivity contribution in [2.45, 2.75) is 0 Å². The molecule has 86 valence electrons. The van der Waals surface area contributed by atoms with Crippen LogP contribution in [0.1, 0.15) is 11.1 Å². The SMILES string of the molecule is O=C=C(C#Cc1ccccc1)c1ccccc1Br. The zero-order valence-corrected chi connectivity index (χ0v) is 11.1. The van der Waals surface area contributed by atoms with Crippen molar-refractivity contribution in [3.63, 3.8) is 0 Å². The van der Waals surface area contributed by atoms with Gasteiger partial charge in [-0.15, -0.1) is 0 Å². The molecule has 0 saturated heterocycles. The Kier molecular flexibility index (Phi) is 4.15. The van der Waals surface area contributed by atoms with Crippen LogP contribution in [0, 0.1) is 11.8 Å². The van der Waals surface area contributed by atoms with E-state index in [1.807, 2.05) is 60.5 Å². The third kappa shape index (κ3) is 2.99. The minimum atomic E-state index is 0.353. The average molecular weight is 297 g/mol. The van der Waals surface area contributed by atoms with Gasteiger partial charge in [0, 0.05) is 15.6 Å². The van der Waals surface area contributed by atoms with Gasteiger partial charge in [0.1, 0.15) is 11.5 Å². The number of hydrogen-bond donors (Lipinski definition) is 0. The maximum Gasteiger partial charge on any atom is 0.142 e. The molecule has 2 aromatic rings. The number of rotatable bonds is 1. The van der Waals surface area contributed by atoms with Crippen LogP contribution in [0.3, 0.4) is 0 Å². The topological polar surface area (TPSA) is 17.1 Å². The van der Waals surface area contributed by atoms with E-state index in [0.717, 1.165) is 15.6 Å². The molecule has 2 rings (SSSR count). The Morgan fingerprint density at radius 1 is 0.944 bits per heavy atom. The van der Waals surface area contributed by atoms with Gasteiger partial charge in [-0.25, -0.2) is 4.79 Å². The highest BCUT2D eigenvalue weighted by Crippen LogP contribution is 2.21. The van der Waals surface area contributed by atoms with Gasteiger partial charge in [0.05, 0.1) is 0 Å². The largest absolute Gasteiger partial charge is 0.232 e. The summed E-state index contributed by atoms with van der Waals surface area (Å²) >= 11 is 3.40. The molecule has 0 amide bonds. The quantitative estimate of drug-likeness (QED) is 0.579. The molecule has 0 radical (unpaired) electrons. The average Bonchev–Trinajstić information content (AvgIpc) is 2.42. The summed E-state index contributed by atoms with van der Waals surface area (Å²) in [6.45, 7) is 0. The lowest BCUT2D eigenvalue weighted by molar-refractivity contribution is 0.569. The third-order valence-corrected chi connectivity index (χ3v) is 3.04. The molecule has 2 aromatic carbocycles.